The molecule has 3 rings (SSSR count). The number of benzene rings is 1. The zero-order valence-electron chi connectivity index (χ0n) is 11.2. The van der Waals surface area contributed by atoms with E-state index >= 15 is 0 Å². The molecule has 0 saturated heterocycles. The predicted molar refractivity (Wildman–Crippen MR) is 74.3 cm³/mol. The molecule has 6 nitrogen and oxygen atoms in total. The minimum absolute atomic E-state index is 0.0884. The van der Waals surface area contributed by atoms with Crippen molar-refractivity contribution >= 4 is 11.6 Å². The van der Waals surface area contributed by atoms with E-state index in [0.717, 1.165) is 29.2 Å². The average Bonchev–Trinajstić information content (AvgIpc) is 2.84. The monoisotopic (exact) mass is 272 g/mol. The SMILES string of the molecule is Cn1nccc1CNCc1ccc2c(c1)NC(=O)CO2. The molecule has 2 N–H and O–H groups in total. The first-order valence-corrected chi connectivity index (χ1v) is 6.45. The van der Waals surface area contributed by atoms with Crippen LogP contribution in [0.15, 0.2) is 30.5 Å². The van der Waals surface area contributed by atoms with Crippen molar-refractivity contribution in [3.8, 4) is 5.75 Å². The number of carbonyl (C=O) groups excluding carboxylic acids is 1. The number of aromatic nitrogens is 2. The first-order valence-electron chi connectivity index (χ1n) is 6.45. The molecule has 0 aliphatic carbocycles. The highest BCUT2D eigenvalue weighted by molar-refractivity contribution is 5.95. The van der Waals surface area contributed by atoms with E-state index in [1.807, 2.05) is 36.0 Å². The van der Waals surface area contributed by atoms with E-state index in [-0.39, 0.29) is 12.5 Å². The molecule has 0 saturated carbocycles. The van der Waals surface area contributed by atoms with Gasteiger partial charge < -0.3 is 15.4 Å². The first-order chi connectivity index (χ1) is 9.72. The number of hydrogen-bond donors (Lipinski definition) is 2. The normalized spacial score (nSPS) is 13.6. The van der Waals surface area contributed by atoms with Gasteiger partial charge in [-0.2, -0.15) is 5.10 Å². The van der Waals surface area contributed by atoms with Crippen LogP contribution < -0.4 is 15.4 Å². The summed E-state index contributed by atoms with van der Waals surface area (Å²) in [6, 6.07) is 7.79. The van der Waals surface area contributed by atoms with Crippen LogP contribution in [0, 0.1) is 0 Å². The van der Waals surface area contributed by atoms with E-state index < -0.39 is 0 Å². The largest absolute Gasteiger partial charge is 0.482 e. The zero-order valence-corrected chi connectivity index (χ0v) is 11.2. The minimum atomic E-state index is -0.113. The number of amides is 1. The van der Waals surface area contributed by atoms with Gasteiger partial charge in [0.25, 0.3) is 5.91 Å². The smallest absolute Gasteiger partial charge is 0.262 e. The van der Waals surface area contributed by atoms with Crippen LogP contribution in [0.2, 0.25) is 0 Å². The van der Waals surface area contributed by atoms with Gasteiger partial charge in [0, 0.05) is 26.3 Å². The third kappa shape index (κ3) is 2.65. The summed E-state index contributed by atoms with van der Waals surface area (Å²) >= 11 is 0. The molecule has 1 amide bonds. The molecule has 1 aliphatic rings. The number of rotatable bonds is 4. The second-order valence-corrected chi connectivity index (χ2v) is 4.72. The van der Waals surface area contributed by atoms with Gasteiger partial charge in [-0.15, -0.1) is 0 Å². The highest BCUT2D eigenvalue weighted by atomic mass is 16.5. The maximum absolute atomic E-state index is 11.3. The van der Waals surface area contributed by atoms with Crippen molar-refractivity contribution in [3.63, 3.8) is 0 Å². The number of nitrogens with zero attached hydrogens (tertiary/aromatic N) is 2. The molecule has 1 aromatic carbocycles. The summed E-state index contributed by atoms with van der Waals surface area (Å²) in [6.07, 6.45) is 1.78. The number of anilines is 1. The van der Waals surface area contributed by atoms with Crippen molar-refractivity contribution in [1.29, 1.82) is 0 Å². The van der Waals surface area contributed by atoms with Crippen LogP contribution in [0.3, 0.4) is 0 Å². The summed E-state index contributed by atoms with van der Waals surface area (Å²) in [6.45, 7) is 1.55. The second kappa shape index (κ2) is 5.34. The van der Waals surface area contributed by atoms with Crippen LogP contribution in [0.4, 0.5) is 5.69 Å². The van der Waals surface area contributed by atoms with E-state index in [4.69, 9.17) is 4.74 Å². The fourth-order valence-electron chi connectivity index (χ4n) is 2.15. The fraction of sp³-hybridized carbons (Fsp3) is 0.286. The van der Waals surface area contributed by atoms with Crippen LogP contribution in [0.5, 0.6) is 5.75 Å². The van der Waals surface area contributed by atoms with Crippen molar-refractivity contribution in [1.82, 2.24) is 15.1 Å². The Hall–Kier alpha value is -2.34. The Balaban J connectivity index is 1.62. The highest BCUT2D eigenvalue weighted by Gasteiger charge is 2.15. The van der Waals surface area contributed by atoms with Gasteiger partial charge in [-0.05, 0) is 23.8 Å². The van der Waals surface area contributed by atoms with Crippen molar-refractivity contribution in [2.45, 2.75) is 13.1 Å². The topological polar surface area (TPSA) is 68.2 Å². The maximum atomic E-state index is 11.3. The van der Waals surface area contributed by atoms with Gasteiger partial charge in [-0.25, -0.2) is 0 Å². The summed E-state index contributed by atoms with van der Waals surface area (Å²) < 4.78 is 7.17. The molecule has 2 aromatic rings. The molecule has 0 atom stereocenters. The Bertz CT molecular complexity index is 636. The lowest BCUT2D eigenvalue weighted by molar-refractivity contribution is -0.118. The second-order valence-electron chi connectivity index (χ2n) is 4.72. The molecule has 0 spiro atoms. The Kier molecular flexibility index (Phi) is 3.39. The van der Waals surface area contributed by atoms with Gasteiger partial charge in [-0.1, -0.05) is 6.07 Å². The number of nitrogens with one attached hydrogen (secondary N) is 2. The lowest BCUT2D eigenvalue weighted by Gasteiger charge is -2.18. The molecule has 104 valence electrons. The van der Waals surface area contributed by atoms with E-state index in [1.54, 1.807) is 6.20 Å². The lowest BCUT2D eigenvalue weighted by Crippen LogP contribution is -2.25. The Morgan fingerprint density at radius 3 is 3.10 bits per heavy atom. The summed E-state index contributed by atoms with van der Waals surface area (Å²) in [5.41, 5.74) is 2.96. The number of ether oxygens (including phenoxy) is 1. The quantitative estimate of drug-likeness (QED) is 0.872. The molecule has 0 radical (unpaired) electrons. The third-order valence-corrected chi connectivity index (χ3v) is 3.23. The van der Waals surface area contributed by atoms with Crippen LogP contribution in [0.1, 0.15) is 11.3 Å². The van der Waals surface area contributed by atoms with Gasteiger partial charge in [0.1, 0.15) is 5.75 Å². The number of aryl methyl sites for hydroxylation is 1. The number of carbonyl (C=O) groups is 1. The number of hydrogen-bond acceptors (Lipinski definition) is 4. The molecule has 1 aromatic heterocycles. The van der Waals surface area contributed by atoms with Crippen molar-refractivity contribution in [2.75, 3.05) is 11.9 Å². The van der Waals surface area contributed by atoms with Crippen molar-refractivity contribution in [3.05, 3.63) is 41.7 Å². The molecule has 20 heavy (non-hydrogen) atoms. The van der Waals surface area contributed by atoms with Crippen LogP contribution in [-0.2, 0) is 24.9 Å². The van der Waals surface area contributed by atoms with Gasteiger partial charge in [-0.3, -0.25) is 9.48 Å². The summed E-state index contributed by atoms with van der Waals surface area (Å²) in [7, 11) is 1.92. The molecule has 0 fully saturated rings. The van der Waals surface area contributed by atoms with Gasteiger partial charge in [0.05, 0.1) is 11.4 Å². The van der Waals surface area contributed by atoms with Crippen LogP contribution >= 0.6 is 0 Å². The average molecular weight is 272 g/mol. The van der Waals surface area contributed by atoms with E-state index in [2.05, 4.69) is 15.7 Å². The van der Waals surface area contributed by atoms with E-state index in [1.165, 1.54) is 0 Å². The summed E-state index contributed by atoms with van der Waals surface area (Å²) in [4.78, 5) is 11.3. The lowest BCUT2D eigenvalue weighted by atomic mass is 10.1. The summed E-state index contributed by atoms with van der Waals surface area (Å²) in [5, 5.41) is 10.3. The molecule has 1 aliphatic heterocycles. The van der Waals surface area contributed by atoms with Gasteiger partial charge >= 0.3 is 0 Å². The molecular formula is C14H16N4O2. The Morgan fingerprint density at radius 2 is 2.30 bits per heavy atom. The standard InChI is InChI=1S/C14H16N4O2/c1-18-11(4-5-16-18)8-15-7-10-2-3-13-12(6-10)17-14(19)9-20-13/h2-6,15H,7-9H2,1H3,(H,17,19). The zero-order chi connectivity index (χ0) is 13.9. The molecule has 6 heteroatoms. The third-order valence-electron chi connectivity index (χ3n) is 3.23. The summed E-state index contributed by atoms with van der Waals surface area (Å²) in [5.74, 6) is 0.609. The fourth-order valence-corrected chi connectivity index (χ4v) is 2.15. The Labute approximate surface area is 116 Å². The highest BCUT2D eigenvalue weighted by Crippen LogP contribution is 2.28. The molecule has 0 bridgehead atoms. The van der Waals surface area contributed by atoms with Crippen LogP contribution in [-0.4, -0.2) is 22.3 Å². The maximum Gasteiger partial charge on any atom is 0.262 e. The van der Waals surface area contributed by atoms with E-state index in [9.17, 15) is 4.79 Å². The van der Waals surface area contributed by atoms with Crippen molar-refractivity contribution in [2.24, 2.45) is 7.05 Å². The predicted octanol–water partition coefficient (Wildman–Crippen LogP) is 1.04. The molecule has 0 unspecified atom stereocenters. The van der Waals surface area contributed by atoms with Crippen LogP contribution in [0.25, 0.3) is 0 Å². The van der Waals surface area contributed by atoms with Crippen molar-refractivity contribution < 1.29 is 9.53 Å². The number of fused-ring (bicyclic) bond motifs is 1. The molecular weight excluding hydrogens is 256 g/mol. The van der Waals surface area contributed by atoms with Gasteiger partial charge in [0.2, 0.25) is 0 Å². The van der Waals surface area contributed by atoms with Gasteiger partial charge in [0.15, 0.2) is 6.61 Å². The van der Waals surface area contributed by atoms with E-state index in [0.29, 0.717) is 6.54 Å². The first kappa shape index (κ1) is 12.7. The molecule has 2 heterocycles. The Morgan fingerprint density at radius 1 is 1.40 bits per heavy atom. The minimum Gasteiger partial charge on any atom is -0.482 e.